The zero-order valence-electron chi connectivity index (χ0n) is 12.1. The third-order valence-electron chi connectivity index (χ3n) is 4.34. The second-order valence-corrected chi connectivity index (χ2v) is 5.74. The lowest BCUT2D eigenvalue weighted by Crippen LogP contribution is -2.42. The number of benzene rings is 1. The van der Waals surface area contributed by atoms with Crippen molar-refractivity contribution in [3.63, 3.8) is 0 Å². The van der Waals surface area contributed by atoms with Crippen LogP contribution in [0.3, 0.4) is 0 Å². The molecule has 3 heterocycles. The first-order chi connectivity index (χ1) is 10.7. The highest BCUT2D eigenvalue weighted by atomic mass is 16.6. The molecule has 4 rings (SSSR count). The fraction of sp³-hybridized carbons (Fsp3) is 0.467. The Morgan fingerprint density at radius 1 is 1.27 bits per heavy atom. The minimum atomic E-state index is -0.387. The third-order valence-corrected chi connectivity index (χ3v) is 4.34. The molecule has 0 spiro atoms. The number of anilines is 2. The molecular weight excluding hydrogens is 286 g/mol. The van der Waals surface area contributed by atoms with Gasteiger partial charge in [-0.15, -0.1) is 0 Å². The molecule has 0 saturated carbocycles. The summed E-state index contributed by atoms with van der Waals surface area (Å²) in [6.45, 7) is 1.52. The second-order valence-electron chi connectivity index (χ2n) is 5.74. The van der Waals surface area contributed by atoms with Crippen molar-refractivity contribution in [2.24, 2.45) is 5.73 Å². The summed E-state index contributed by atoms with van der Waals surface area (Å²) in [4.78, 5) is 27.3. The molecule has 3 aliphatic heterocycles. The second kappa shape index (κ2) is 4.88. The van der Waals surface area contributed by atoms with E-state index >= 15 is 0 Å². The molecule has 1 atom stereocenters. The zero-order valence-corrected chi connectivity index (χ0v) is 12.1. The quantitative estimate of drug-likeness (QED) is 0.866. The van der Waals surface area contributed by atoms with Gasteiger partial charge in [0, 0.05) is 19.2 Å². The van der Waals surface area contributed by atoms with Crippen molar-refractivity contribution >= 4 is 23.4 Å². The minimum absolute atomic E-state index is 0.00928. The number of carbonyl (C=O) groups excluding carboxylic acids is 2. The molecule has 1 unspecified atom stereocenters. The van der Waals surface area contributed by atoms with E-state index in [4.69, 9.17) is 15.2 Å². The van der Waals surface area contributed by atoms with E-state index in [1.54, 1.807) is 9.80 Å². The standard InChI is InChI=1S/C15H17N3O4/c16-6-11-7-18(15(20)22-11)10-4-9-2-1-3-17-13(19)8-21-12(5-10)14(9)17/h4-5,11H,1-3,6-8,16H2. The van der Waals surface area contributed by atoms with Crippen LogP contribution in [0.1, 0.15) is 12.0 Å². The Bertz CT molecular complexity index is 643. The van der Waals surface area contributed by atoms with Crippen molar-refractivity contribution in [2.45, 2.75) is 18.9 Å². The van der Waals surface area contributed by atoms with E-state index in [1.807, 2.05) is 12.1 Å². The van der Waals surface area contributed by atoms with Gasteiger partial charge in [-0.05, 0) is 24.5 Å². The van der Waals surface area contributed by atoms with Crippen LogP contribution in [0.25, 0.3) is 0 Å². The van der Waals surface area contributed by atoms with Crippen LogP contribution in [0.4, 0.5) is 16.2 Å². The summed E-state index contributed by atoms with van der Waals surface area (Å²) < 4.78 is 10.8. The maximum atomic E-state index is 12.0. The van der Waals surface area contributed by atoms with Crippen molar-refractivity contribution in [3.05, 3.63) is 17.7 Å². The van der Waals surface area contributed by atoms with Crippen molar-refractivity contribution in [3.8, 4) is 5.75 Å². The van der Waals surface area contributed by atoms with E-state index in [0.29, 0.717) is 18.8 Å². The zero-order chi connectivity index (χ0) is 15.3. The average Bonchev–Trinajstić information content (AvgIpc) is 2.92. The summed E-state index contributed by atoms with van der Waals surface area (Å²) in [5.41, 5.74) is 8.21. The molecule has 0 aromatic heterocycles. The number of ether oxygens (including phenoxy) is 2. The summed E-state index contributed by atoms with van der Waals surface area (Å²) in [6, 6.07) is 3.76. The molecule has 1 fully saturated rings. The van der Waals surface area contributed by atoms with Crippen LogP contribution in [0.15, 0.2) is 12.1 Å². The Kier molecular flexibility index (Phi) is 2.97. The Morgan fingerprint density at radius 3 is 2.91 bits per heavy atom. The highest BCUT2D eigenvalue weighted by molar-refractivity contribution is 6.00. The van der Waals surface area contributed by atoms with E-state index in [0.717, 1.165) is 36.3 Å². The molecule has 1 aromatic carbocycles. The van der Waals surface area contributed by atoms with Crippen LogP contribution >= 0.6 is 0 Å². The van der Waals surface area contributed by atoms with Gasteiger partial charge in [-0.3, -0.25) is 9.69 Å². The number of cyclic esters (lactones) is 1. The molecule has 0 bridgehead atoms. The van der Waals surface area contributed by atoms with E-state index in [9.17, 15) is 9.59 Å². The lowest BCUT2D eigenvalue weighted by molar-refractivity contribution is -0.121. The van der Waals surface area contributed by atoms with Crippen LogP contribution < -0.4 is 20.3 Å². The SMILES string of the molecule is NCC1CN(c2cc3c4c(c2)OCC(=O)N4CCC3)C(=O)O1. The van der Waals surface area contributed by atoms with Crippen LogP contribution in [-0.4, -0.2) is 44.3 Å². The highest BCUT2D eigenvalue weighted by Gasteiger charge is 2.35. The molecule has 7 heteroatoms. The molecule has 0 radical (unpaired) electrons. The number of aryl methyl sites for hydroxylation is 1. The van der Waals surface area contributed by atoms with E-state index < -0.39 is 0 Å². The Morgan fingerprint density at radius 2 is 2.14 bits per heavy atom. The Hall–Kier alpha value is -2.28. The normalized spacial score (nSPS) is 23.2. The lowest BCUT2D eigenvalue weighted by atomic mass is 9.98. The predicted molar refractivity (Wildman–Crippen MR) is 79.3 cm³/mol. The van der Waals surface area contributed by atoms with Gasteiger partial charge in [0.1, 0.15) is 11.9 Å². The van der Waals surface area contributed by atoms with Crippen molar-refractivity contribution in [2.75, 3.05) is 36.0 Å². The van der Waals surface area contributed by atoms with E-state index in [1.165, 1.54) is 0 Å². The number of hydrogen-bond acceptors (Lipinski definition) is 5. The first-order valence-electron chi connectivity index (χ1n) is 7.45. The Balaban J connectivity index is 1.75. The number of amides is 2. The van der Waals surface area contributed by atoms with Gasteiger partial charge in [-0.1, -0.05) is 0 Å². The molecule has 1 aromatic rings. The van der Waals surface area contributed by atoms with Crippen LogP contribution in [-0.2, 0) is 16.0 Å². The third kappa shape index (κ3) is 1.93. The van der Waals surface area contributed by atoms with Crippen LogP contribution in [0, 0.1) is 0 Å². The average molecular weight is 303 g/mol. The highest BCUT2D eigenvalue weighted by Crippen LogP contribution is 2.42. The van der Waals surface area contributed by atoms with Gasteiger partial charge in [-0.2, -0.15) is 0 Å². The smallest absolute Gasteiger partial charge is 0.414 e. The first-order valence-corrected chi connectivity index (χ1v) is 7.45. The molecule has 2 N–H and O–H groups in total. The van der Waals surface area contributed by atoms with Crippen molar-refractivity contribution in [1.29, 1.82) is 0 Å². The summed E-state index contributed by atoms with van der Waals surface area (Å²) in [5, 5.41) is 0. The number of carbonyl (C=O) groups is 2. The fourth-order valence-electron chi connectivity index (χ4n) is 3.27. The number of hydrogen-bond donors (Lipinski definition) is 1. The summed E-state index contributed by atoms with van der Waals surface area (Å²) in [6.07, 6.45) is 1.12. The van der Waals surface area contributed by atoms with Crippen LogP contribution in [0.5, 0.6) is 5.75 Å². The largest absolute Gasteiger partial charge is 0.481 e. The molecule has 7 nitrogen and oxygen atoms in total. The maximum Gasteiger partial charge on any atom is 0.414 e. The minimum Gasteiger partial charge on any atom is -0.481 e. The fourth-order valence-corrected chi connectivity index (χ4v) is 3.27. The van der Waals surface area contributed by atoms with Gasteiger partial charge in [0.15, 0.2) is 6.61 Å². The van der Waals surface area contributed by atoms with Crippen molar-refractivity contribution in [1.82, 2.24) is 0 Å². The lowest BCUT2D eigenvalue weighted by Gasteiger charge is -2.35. The molecule has 0 aliphatic carbocycles. The molecule has 1 saturated heterocycles. The summed E-state index contributed by atoms with van der Waals surface area (Å²) >= 11 is 0. The van der Waals surface area contributed by atoms with E-state index in [-0.39, 0.29) is 24.7 Å². The number of nitrogens with zero attached hydrogens (tertiary/aromatic N) is 2. The summed E-state index contributed by atoms with van der Waals surface area (Å²) in [7, 11) is 0. The topological polar surface area (TPSA) is 85.1 Å². The monoisotopic (exact) mass is 303 g/mol. The molecular formula is C15H17N3O4. The van der Waals surface area contributed by atoms with Crippen LogP contribution in [0.2, 0.25) is 0 Å². The number of rotatable bonds is 2. The first kappa shape index (κ1) is 13.4. The molecule has 116 valence electrons. The number of nitrogens with two attached hydrogens (primary N) is 1. The van der Waals surface area contributed by atoms with Gasteiger partial charge in [0.25, 0.3) is 5.91 Å². The molecule has 3 aliphatic rings. The summed E-state index contributed by atoms with van der Waals surface area (Å²) in [5.74, 6) is 0.653. The van der Waals surface area contributed by atoms with Gasteiger partial charge in [0.2, 0.25) is 0 Å². The van der Waals surface area contributed by atoms with Crippen molar-refractivity contribution < 1.29 is 19.1 Å². The Labute approximate surface area is 127 Å². The van der Waals surface area contributed by atoms with E-state index in [2.05, 4.69) is 0 Å². The van der Waals surface area contributed by atoms with Gasteiger partial charge in [-0.25, -0.2) is 4.79 Å². The van der Waals surface area contributed by atoms with Gasteiger partial charge >= 0.3 is 6.09 Å². The van der Waals surface area contributed by atoms with Gasteiger partial charge < -0.3 is 20.1 Å². The maximum absolute atomic E-state index is 12.0. The molecule has 22 heavy (non-hydrogen) atoms. The predicted octanol–water partition coefficient (Wildman–Crippen LogP) is 0.642. The van der Waals surface area contributed by atoms with Gasteiger partial charge in [0.05, 0.1) is 17.9 Å². The molecule has 2 amide bonds.